The second-order valence-electron chi connectivity index (χ2n) is 1.45. The predicted octanol–water partition coefficient (Wildman–Crippen LogP) is 2.19. The molecular weight excluding hydrogens is 192 g/mol. The van der Waals surface area contributed by atoms with Crippen LogP contribution in [0.2, 0.25) is 0 Å². The van der Waals surface area contributed by atoms with Gasteiger partial charge >= 0.3 is 0 Å². The van der Waals surface area contributed by atoms with Gasteiger partial charge in [0.1, 0.15) is 10.4 Å². The van der Waals surface area contributed by atoms with Gasteiger partial charge in [0.05, 0.1) is 0 Å². The lowest BCUT2D eigenvalue weighted by atomic mass is 10.3. The van der Waals surface area contributed by atoms with Crippen molar-refractivity contribution in [2.75, 3.05) is 0 Å². The van der Waals surface area contributed by atoms with Crippen molar-refractivity contribution in [2.45, 2.75) is 19.6 Å². The van der Waals surface area contributed by atoms with Gasteiger partial charge in [-0.3, -0.25) is 0 Å². The van der Waals surface area contributed by atoms with Gasteiger partial charge in [-0.15, -0.1) is 0 Å². The maximum absolute atomic E-state index is 7.61. The molecule has 0 aromatic carbocycles. The molecule has 3 heteroatoms. The topological polar surface area (TPSA) is 25.8 Å². The van der Waals surface area contributed by atoms with Gasteiger partial charge < -0.3 is 0 Å². The lowest BCUT2D eigenvalue weighted by Gasteiger charge is -1.94. The summed E-state index contributed by atoms with van der Waals surface area (Å²) >= 11 is 2.99. The molecule has 0 aliphatic carbocycles. The van der Waals surface area contributed by atoms with Crippen molar-refractivity contribution >= 4 is 15.9 Å². The van der Waals surface area contributed by atoms with Crippen molar-refractivity contribution in [1.82, 2.24) is 9.97 Å². The minimum atomic E-state index is -3.11. The quantitative estimate of drug-likeness (QED) is 0.696. The summed E-state index contributed by atoms with van der Waals surface area (Å²) in [6, 6.07) is 1.44. The third kappa shape index (κ3) is 2.06. The number of nitrogens with zero attached hydrogens (tertiary/aromatic N) is 2. The van der Waals surface area contributed by atoms with E-state index in [0.29, 0.717) is 0 Å². The third-order valence-electron chi connectivity index (χ3n) is 0.796. The molecule has 0 fully saturated rings. The highest BCUT2D eigenvalue weighted by atomic mass is 79.9. The van der Waals surface area contributed by atoms with E-state index in [-0.39, 0.29) is 4.60 Å². The molecule has 0 N–H and O–H groups in total. The lowest BCUT2D eigenvalue weighted by molar-refractivity contribution is 0.829. The van der Waals surface area contributed by atoms with Crippen LogP contribution in [-0.2, 0) is 6.37 Å². The Labute approximate surface area is 78.7 Å². The number of hydrogen-bond donors (Lipinski definition) is 0. The second kappa shape index (κ2) is 3.66. The third-order valence-corrected chi connectivity index (χ3v) is 1.24. The van der Waals surface area contributed by atoms with Crippen molar-refractivity contribution in [2.24, 2.45) is 0 Å². The van der Waals surface area contributed by atoms with Crippen LogP contribution in [0, 0.1) is 0 Å². The first kappa shape index (κ1) is 2.55. The van der Waals surface area contributed by atoms with Crippen LogP contribution in [0.3, 0.4) is 0 Å². The van der Waals surface area contributed by atoms with Crippen LogP contribution in [-0.4, -0.2) is 9.97 Å². The molecule has 1 aromatic rings. The van der Waals surface area contributed by atoms with Gasteiger partial charge in [0.25, 0.3) is 0 Å². The predicted molar refractivity (Wildman–Crippen MR) is 43.7 cm³/mol. The number of aryl methyl sites for hydroxylation is 1. The normalized spacial score (nSPS) is 24.3. The molecular formula is C7H9BrN2. The Morgan fingerprint density at radius 1 is 1.90 bits per heavy atom. The standard InChI is InChI=1S/C7H9BrN2/c1-2-3-7-9-5-4-6(8)10-7/h4-5H,2-3H2,1H3/i1D3,2D2,3D2. The molecule has 0 amide bonds. The van der Waals surface area contributed by atoms with Crippen LogP contribution in [0.1, 0.15) is 28.6 Å². The molecule has 0 saturated heterocycles. The minimum Gasteiger partial charge on any atom is -0.241 e. The van der Waals surface area contributed by atoms with E-state index < -0.39 is 25.4 Å². The molecule has 1 aromatic heterocycles. The first-order valence-electron chi connectivity index (χ1n) is 5.99. The van der Waals surface area contributed by atoms with Gasteiger partial charge in [0.2, 0.25) is 0 Å². The van der Waals surface area contributed by atoms with Crippen LogP contribution in [0.4, 0.5) is 0 Å². The molecule has 1 rings (SSSR count). The molecule has 0 aliphatic heterocycles. The largest absolute Gasteiger partial charge is 0.241 e. The van der Waals surface area contributed by atoms with Crippen molar-refractivity contribution in [1.29, 1.82) is 0 Å². The molecule has 0 spiro atoms. The Morgan fingerprint density at radius 2 is 2.80 bits per heavy atom. The van der Waals surface area contributed by atoms with E-state index in [1.54, 1.807) is 0 Å². The summed E-state index contributed by atoms with van der Waals surface area (Å²) in [7, 11) is 0. The minimum absolute atomic E-state index is 0.257. The Morgan fingerprint density at radius 3 is 3.50 bits per heavy atom. The van der Waals surface area contributed by atoms with Gasteiger partial charge in [-0.1, -0.05) is 6.85 Å². The first-order chi connectivity index (χ1) is 7.50. The molecule has 0 atom stereocenters. The first-order valence-corrected chi connectivity index (χ1v) is 3.28. The summed E-state index contributed by atoms with van der Waals surface area (Å²) in [6.45, 7) is -3.11. The van der Waals surface area contributed by atoms with Crippen LogP contribution in [0.25, 0.3) is 0 Å². The summed E-state index contributed by atoms with van der Waals surface area (Å²) in [6.07, 6.45) is -4.68. The van der Waals surface area contributed by atoms with Gasteiger partial charge in [-0.25, -0.2) is 9.97 Å². The Kier molecular flexibility index (Phi) is 0.935. The zero-order valence-corrected chi connectivity index (χ0v) is 6.51. The van der Waals surface area contributed by atoms with Gasteiger partial charge in [0, 0.05) is 22.2 Å². The molecule has 0 unspecified atom stereocenters. The SMILES string of the molecule is [2H]C([2H])([2H])C([2H])([2H])C([2H])([2H])c1nccc(Br)n1. The van der Waals surface area contributed by atoms with Gasteiger partial charge in [-0.05, 0) is 28.4 Å². The highest BCUT2D eigenvalue weighted by molar-refractivity contribution is 9.10. The van der Waals surface area contributed by atoms with E-state index in [1.807, 2.05) is 0 Å². The molecule has 54 valence electrons. The summed E-state index contributed by atoms with van der Waals surface area (Å²) in [5.74, 6) is -0.506. The van der Waals surface area contributed by atoms with Crippen LogP contribution in [0.15, 0.2) is 16.9 Å². The summed E-state index contributed by atoms with van der Waals surface area (Å²) < 4.78 is 51.5. The van der Waals surface area contributed by atoms with E-state index in [2.05, 4.69) is 25.9 Å². The maximum Gasteiger partial charge on any atom is 0.129 e. The van der Waals surface area contributed by atoms with E-state index in [9.17, 15) is 0 Å². The maximum atomic E-state index is 7.61. The van der Waals surface area contributed by atoms with Crippen molar-refractivity contribution in [3.63, 3.8) is 0 Å². The Hall–Kier alpha value is -0.440. The number of hydrogen-bond acceptors (Lipinski definition) is 2. The molecule has 0 radical (unpaired) electrons. The highest BCUT2D eigenvalue weighted by Gasteiger charge is 1.93. The van der Waals surface area contributed by atoms with Crippen molar-refractivity contribution in [3.05, 3.63) is 22.7 Å². The monoisotopic (exact) mass is 207 g/mol. The smallest absolute Gasteiger partial charge is 0.129 e. The number of halogens is 1. The zero-order chi connectivity index (χ0) is 13.5. The second-order valence-corrected chi connectivity index (χ2v) is 2.27. The molecule has 0 bridgehead atoms. The van der Waals surface area contributed by atoms with Gasteiger partial charge in [-0.2, -0.15) is 0 Å². The number of rotatable bonds is 2. The van der Waals surface area contributed by atoms with E-state index >= 15 is 0 Å². The lowest BCUT2D eigenvalue weighted by Crippen LogP contribution is -1.92. The molecule has 2 nitrogen and oxygen atoms in total. The van der Waals surface area contributed by atoms with Crippen molar-refractivity contribution in [3.8, 4) is 0 Å². The average Bonchev–Trinajstić information content (AvgIpc) is 2.15. The number of aromatic nitrogens is 2. The van der Waals surface area contributed by atoms with Crippen LogP contribution >= 0.6 is 15.9 Å². The summed E-state index contributed by atoms with van der Waals surface area (Å²) in [5, 5.41) is 0. The van der Waals surface area contributed by atoms with E-state index in [4.69, 9.17) is 9.60 Å². The van der Waals surface area contributed by atoms with Crippen LogP contribution in [0.5, 0.6) is 0 Å². The molecule has 1 heterocycles. The van der Waals surface area contributed by atoms with Gasteiger partial charge in [0.15, 0.2) is 0 Å². The van der Waals surface area contributed by atoms with E-state index in [1.165, 1.54) is 12.3 Å². The molecule has 0 aliphatic rings. The highest BCUT2D eigenvalue weighted by Crippen LogP contribution is 2.04. The van der Waals surface area contributed by atoms with Crippen molar-refractivity contribution < 1.29 is 9.60 Å². The summed E-state index contributed by atoms with van der Waals surface area (Å²) in [4.78, 5) is 7.25. The summed E-state index contributed by atoms with van der Waals surface area (Å²) in [5.41, 5.74) is 0. The fourth-order valence-corrected chi connectivity index (χ4v) is 0.739. The van der Waals surface area contributed by atoms with E-state index in [0.717, 1.165) is 0 Å². The zero-order valence-electron chi connectivity index (χ0n) is 11.9. The molecule has 0 saturated carbocycles. The Balaban J connectivity index is 3.28. The fourth-order valence-electron chi connectivity index (χ4n) is 0.453. The molecule has 10 heavy (non-hydrogen) atoms. The average molecular weight is 208 g/mol. The Bertz CT molecular complexity index is 417. The fraction of sp³-hybridized carbons (Fsp3) is 0.429. The van der Waals surface area contributed by atoms with Crippen LogP contribution < -0.4 is 0 Å².